The van der Waals surface area contributed by atoms with Crippen molar-refractivity contribution in [1.29, 1.82) is 0 Å². The number of rotatable bonds is 5. The molecule has 0 spiro atoms. The zero-order chi connectivity index (χ0) is 24.8. The number of hydrogen-bond donors (Lipinski definition) is 0. The van der Waals surface area contributed by atoms with Crippen LogP contribution in [0.3, 0.4) is 0 Å². The summed E-state index contributed by atoms with van der Waals surface area (Å²) >= 11 is 6.71. The number of fused-ring (bicyclic) bond motifs is 3. The lowest BCUT2D eigenvalue weighted by Crippen LogP contribution is -2.38. The van der Waals surface area contributed by atoms with Crippen LogP contribution >= 0.6 is 38.6 Å². The molecule has 2 aromatic heterocycles. The van der Waals surface area contributed by atoms with Gasteiger partial charge in [-0.3, -0.25) is 9.36 Å². The maximum absolute atomic E-state index is 13.8. The first kappa shape index (κ1) is 23.5. The van der Waals surface area contributed by atoms with E-state index in [1.54, 1.807) is 18.4 Å². The number of methoxy groups -OCH3 is 1. The van der Waals surface area contributed by atoms with Crippen molar-refractivity contribution in [2.75, 3.05) is 13.7 Å². The quantitative estimate of drug-likeness (QED) is 0.312. The first-order chi connectivity index (χ1) is 17.6. The van der Waals surface area contributed by atoms with E-state index >= 15 is 0 Å². The molecule has 0 saturated heterocycles. The third-order valence-corrected chi connectivity index (χ3v) is 9.02. The highest BCUT2D eigenvalue weighted by Gasteiger charge is 2.33. The van der Waals surface area contributed by atoms with E-state index in [0.29, 0.717) is 22.6 Å². The van der Waals surface area contributed by atoms with Crippen molar-refractivity contribution in [2.24, 2.45) is 4.99 Å². The Morgan fingerprint density at radius 1 is 1.19 bits per heavy atom. The molecular formula is C28H23BrN2O3S2. The van der Waals surface area contributed by atoms with Gasteiger partial charge in [-0.05, 0) is 82.1 Å². The van der Waals surface area contributed by atoms with Gasteiger partial charge in [0.25, 0.3) is 5.56 Å². The van der Waals surface area contributed by atoms with Crippen molar-refractivity contribution in [3.63, 3.8) is 0 Å². The minimum Gasteiger partial charge on any atom is -0.493 e. The highest BCUT2D eigenvalue weighted by atomic mass is 79.9. The molecule has 5 nitrogen and oxygen atoms in total. The summed E-state index contributed by atoms with van der Waals surface area (Å²) in [6.07, 6.45) is 3.76. The fraction of sp³-hybridized carbons (Fsp3) is 0.214. The van der Waals surface area contributed by atoms with Crippen molar-refractivity contribution in [2.45, 2.75) is 25.8 Å². The van der Waals surface area contributed by atoms with Crippen LogP contribution in [0.2, 0.25) is 0 Å². The number of hydrogen-bond acceptors (Lipinski definition) is 6. The van der Waals surface area contributed by atoms with Gasteiger partial charge >= 0.3 is 0 Å². The van der Waals surface area contributed by atoms with Crippen LogP contribution in [0.5, 0.6) is 11.5 Å². The number of aryl methyl sites for hydroxylation is 1. The minimum absolute atomic E-state index is 0.0217. The number of thiazole rings is 1. The van der Waals surface area contributed by atoms with Crippen LogP contribution in [0.4, 0.5) is 0 Å². The minimum atomic E-state index is -0.131. The maximum Gasteiger partial charge on any atom is 0.271 e. The highest BCUT2D eigenvalue weighted by molar-refractivity contribution is 9.10. The van der Waals surface area contributed by atoms with E-state index in [-0.39, 0.29) is 11.6 Å². The van der Waals surface area contributed by atoms with Crippen molar-refractivity contribution < 1.29 is 9.47 Å². The SMILES string of the molecule is CCOc1c(Br)cc(/C=c2/sc3n(c2=O)[C@H](c2cccs2)C2=C(N=3)c3ccccc3CC2)cc1OC. The molecule has 0 fully saturated rings. The maximum atomic E-state index is 13.8. The summed E-state index contributed by atoms with van der Waals surface area (Å²) in [4.78, 5) is 20.8. The molecule has 2 aliphatic rings. The molecule has 0 unspecified atom stereocenters. The Bertz CT molecular complexity index is 1680. The van der Waals surface area contributed by atoms with Gasteiger partial charge < -0.3 is 9.47 Å². The van der Waals surface area contributed by atoms with Crippen LogP contribution < -0.4 is 24.4 Å². The molecule has 0 N–H and O–H groups in total. The standard InChI is InChI=1S/C28H23BrN2O3S2/c1-3-34-26-20(29)13-16(14-21(26)33-2)15-23-27(32)31-25(22-9-6-12-35-22)19-11-10-17-7-4-5-8-18(17)24(19)30-28(31)36-23/h4-9,12-15,25H,3,10-11H2,1-2H3/b23-15+/t25-/m0/s1. The summed E-state index contributed by atoms with van der Waals surface area (Å²) in [5.41, 5.74) is 5.57. The number of aromatic nitrogens is 1. The summed E-state index contributed by atoms with van der Waals surface area (Å²) < 4.78 is 14.6. The molecule has 6 rings (SSSR count). The molecule has 0 radical (unpaired) electrons. The van der Waals surface area contributed by atoms with Crippen LogP contribution in [0.1, 0.15) is 41.0 Å². The molecule has 36 heavy (non-hydrogen) atoms. The van der Waals surface area contributed by atoms with E-state index < -0.39 is 0 Å². The Balaban J connectivity index is 1.56. The Labute approximate surface area is 224 Å². The molecule has 1 atom stereocenters. The van der Waals surface area contributed by atoms with Crippen molar-refractivity contribution in [3.8, 4) is 11.5 Å². The van der Waals surface area contributed by atoms with E-state index in [1.165, 1.54) is 28.0 Å². The predicted octanol–water partition coefficient (Wildman–Crippen LogP) is 5.55. The van der Waals surface area contributed by atoms with Gasteiger partial charge in [0.15, 0.2) is 16.3 Å². The number of ether oxygens (including phenoxy) is 2. The van der Waals surface area contributed by atoms with Gasteiger partial charge in [-0.15, -0.1) is 11.3 Å². The normalized spacial score (nSPS) is 16.8. The molecule has 2 aromatic carbocycles. The number of halogens is 1. The van der Waals surface area contributed by atoms with Crippen LogP contribution in [-0.4, -0.2) is 18.3 Å². The highest BCUT2D eigenvalue weighted by Crippen LogP contribution is 2.42. The van der Waals surface area contributed by atoms with Crippen molar-refractivity contribution >= 4 is 50.4 Å². The Kier molecular flexibility index (Phi) is 6.19. The smallest absolute Gasteiger partial charge is 0.271 e. The average molecular weight is 580 g/mol. The second kappa shape index (κ2) is 9.50. The zero-order valence-electron chi connectivity index (χ0n) is 19.8. The first-order valence-corrected chi connectivity index (χ1v) is 14.2. The molecule has 0 bridgehead atoms. The van der Waals surface area contributed by atoms with Gasteiger partial charge in [-0.25, -0.2) is 4.99 Å². The molecule has 4 aromatic rings. The third kappa shape index (κ3) is 3.88. The lowest BCUT2D eigenvalue weighted by Gasteiger charge is -2.30. The number of benzene rings is 2. The van der Waals surface area contributed by atoms with Crippen LogP contribution in [0.15, 0.2) is 73.7 Å². The zero-order valence-corrected chi connectivity index (χ0v) is 23.0. The average Bonchev–Trinajstić information content (AvgIpc) is 3.53. The van der Waals surface area contributed by atoms with Gasteiger partial charge in [0.2, 0.25) is 0 Å². The van der Waals surface area contributed by atoms with E-state index in [4.69, 9.17) is 14.5 Å². The van der Waals surface area contributed by atoms with E-state index in [0.717, 1.165) is 38.3 Å². The largest absolute Gasteiger partial charge is 0.493 e. The molecule has 8 heteroatoms. The van der Waals surface area contributed by atoms with Gasteiger partial charge in [-0.1, -0.05) is 41.7 Å². The summed E-state index contributed by atoms with van der Waals surface area (Å²) in [7, 11) is 1.62. The van der Waals surface area contributed by atoms with Gasteiger partial charge in [0.1, 0.15) is 0 Å². The molecule has 1 aliphatic heterocycles. The Morgan fingerprint density at radius 3 is 2.83 bits per heavy atom. The Morgan fingerprint density at radius 2 is 2.06 bits per heavy atom. The predicted molar refractivity (Wildman–Crippen MR) is 149 cm³/mol. The summed E-state index contributed by atoms with van der Waals surface area (Å²) in [5.74, 6) is 1.27. The van der Waals surface area contributed by atoms with Crippen LogP contribution in [0, 0.1) is 0 Å². The van der Waals surface area contributed by atoms with Crippen molar-refractivity contribution in [1.82, 2.24) is 4.57 Å². The molecular weight excluding hydrogens is 556 g/mol. The second-order valence-electron chi connectivity index (χ2n) is 8.60. The molecule has 1 aliphatic carbocycles. The fourth-order valence-corrected chi connectivity index (χ4v) is 7.40. The van der Waals surface area contributed by atoms with Gasteiger partial charge in [0.05, 0.1) is 34.5 Å². The number of nitrogens with zero attached hydrogens (tertiary/aromatic N) is 2. The third-order valence-electron chi connectivity index (χ3n) is 6.52. The lowest BCUT2D eigenvalue weighted by atomic mass is 9.85. The first-order valence-electron chi connectivity index (χ1n) is 11.8. The van der Waals surface area contributed by atoms with Crippen LogP contribution in [-0.2, 0) is 6.42 Å². The lowest BCUT2D eigenvalue weighted by molar-refractivity contribution is 0.309. The van der Waals surface area contributed by atoms with Crippen LogP contribution in [0.25, 0.3) is 11.8 Å². The van der Waals surface area contributed by atoms with Gasteiger partial charge in [0, 0.05) is 10.4 Å². The van der Waals surface area contributed by atoms with E-state index in [9.17, 15) is 4.79 Å². The fourth-order valence-electron chi connectivity index (χ4n) is 4.98. The van der Waals surface area contributed by atoms with E-state index in [2.05, 4.69) is 57.7 Å². The Hall–Kier alpha value is -2.94. The second-order valence-corrected chi connectivity index (χ2v) is 11.4. The summed E-state index contributed by atoms with van der Waals surface area (Å²) in [6, 6.07) is 16.4. The number of thiophene rings is 1. The topological polar surface area (TPSA) is 52.8 Å². The number of allylic oxidation sites excluding steroid dienone is 1. The summed E-state index contributed by atoms with van der Waals surface area (Å²) in [6.45, 7) is 2.46. The molecule has 0 saturated carbocycles. The molecule has 3 heterocycles. The van der Waals surface area contributed by atoms with Crippen molar-refractivity contribution in [3.05, 3.63) is 105 Å². The monoisotopic (exact) mass is 578 g/mol. The van der Waals surface area contributed by atoms with Gasteiger partial charge in [-0.2, -0.15) is 0 Å². The summed E-state index contributed by atoms with van der Waals surface area (Å²) in [5, 5.41) is 2.08. The molecule has 0 amide bonds. The van der Waals surface area contributed by atoms with E-state index in [1.807, 2.05) is 29.7 Å². The molecule has 182 valence electrons.